The second kappa shape index (κ2) is 8.31. The third kappa shape index (κ3) is 4.52. The summed E-state index contributed by atoms with van der Waals surface area (Å²) in [6, 6.07) is 13.0. The van der Waals surface area contributed by atoms with Gasteiger partial charge in [0.2, 0.25) is 5.91 Å². The molecule has 1 amide bonds. The molecule has 1 aliphatic rings. The SMILES string of the molecule is COc1cc(OC)cc(N2CCC(NC(=O)C(N)c3ccc(C)cc3)C2)c1. The fourth-order valence-corrected chi connectivity index (χ4v) is 3.30. The van der Waals surface area contributed by atoms with Crippen molar-refractivity contribution in [3.05, 3.63) is 53.6 Å². The molecule has 0 aliphatic carbocycles. The highest BCUT2D eigenvalue weighted by Crippen LogP contribution is 2.30. The minimum absolute atomic E-state index is 0.0613. The largest absolute Gasteiger partial charge is 0.497 e. The molecule has 144 valence electrons. The van der Waals surface area contributed by atoms with E-state index in [1.807, 2.05) is 49.4 Å². The maximum atomic E-state index is 12.5. The number of methoxy groups -OCH3 is 2. The second-order valence-corrected chi connectivity index (χ2v) is 6.90. The van der Waals surface area contributed by atoms with E-state index in [9.17, 15) is 4.79 Å². The topological polar surface area (TPSA) is 76.8 Å². The molecule has 2 unspecified atom stereocenters. The molecule has 1 aliphatic heterocycles. The number of rotatable bonds is 6. The van der Waals surface area contributed by atoms with Crippen LogP contribution >= 0.6 is 0 Å². The van der Waals surface area contributed by atoms with Gasteiger partial charge in [-0.25, -0.2) is 0 Å². The molecule has 0 bridgehead atoms. The Balaban J connectivity index is 1.62. The van der Waals surface area contributed by atoms with E-state index in [0.717, 1.165) is 47.8 Å². The van der Waals surface area contributed by atoms with Crippen molar-refractivity contribution in [2.75, 3.05) is 32.2 Å². The van der Waals surface area contributed by atoms with Crippen LogP contribution in [0.25, 0.3) is 0 Å². The smallest absolute Gasteiger partial charge is 0.241 e. The van der Waals surface area contributed by atoms with Crippen LogP contribution in [0.2, 0.25) is 0 Å². The molecule has 0 radical (unpaired) electrons. The van der Waals surface area contributed by atoms with E-state index in [0.29, 0.717) is 0 Å². The average Bonchev–Trinajstić information content (AvgIpc) is 3.16. The van der Waals surface area contributed by atoms with Crippen LogP contribution in [0.3, 0.4) is 0 Å². The predicted molar refractivity (Wildman–Crippen MR) is 106 cm³/mol. The summed E-state index contributed by atoms with van der Waals surface area (Å²) in [5.41, 5.74) is 9.12. The van der Waals surface area contributed by atoms with E-state index < -0.39 is 6.04 Å². The first-order valence-electron chi connectivity index (χ1n) is 9.10. The zero-order chi connectivity index (χ0) is 19.4. The van der Waals surface area contributed by atoms with Gasteiger partial charge in [-0.05, 0) is 18.9 Å². The minimum Gasteiger partial charge on any atom is -0.497 e. The Morgan fingerprint density at radius 2 is 1.78 bits per heavy atom. The minimum atomic E-state index is -0.656. The van der Waals surface area contributed by atoms with Crippen LogP contribution in [-0.2, 0) is 4.79 Å². The van der Waals surface area contributed by atoms with E-state index in [1.54, 1.807) is 14.2 Å². The number of aryl methyl sites for hydroxylation is 1. The molecule has 1 saturated heterocycles. The predicted octanol–water partition coefficient (Wildman–Crippen LogP) is 2.41. The molecule has 1 fully saturated rings. The summed E-state index contributed by atoms with van der Waals surface area (Å²) < 4.78 is 10.7. The molecular formula is C21H27N3O3. The summed E-state index contributed by atoms with van der Waals surface area (Å²) >= 11 is 0. The van der Waals surface area contributed by atoms with Gasteiger partial charge in [0, 0.05) is 43.0 Å². The van der Waals surface area contributed by atoms with E-state index in [4.69, 9.17) is 15.2 Å². The molecule has 3 rings (SSSR count). The van der Waals surface area contributed by atoms with Gasteiger partial charge < -0.3 is 25.4 Å². The number of nitrogens with one attached hydrogen (secondary N) is 1. The lowest BCUT2D eigenvalue weighted by Crippen LogP contribution is -2.42. The molecule has 3 N–H and O–H groups in total. The molecule has 1 heterocycles. The maximum absolute atomic E-state index is 12.5. The van der Waals surface area contributed by atoms with Gasteiger partial charge in [-0.15, -0.1) is 0 Å². The van der Waals surface area contributed by atoms with Crippen molar-refractivity contribution in [3.63, 3.8) is 0 Å². The molecule has 0 spiro atoms. The Bertz CT molecular complexity index is 770. The lowest BCUT2D eigenvalue weighted by molar-refractivity contribution is -0.123. The number of hydrogen-bond donors (Lipinski definition) is 2. The van der Waals surface area contributed by atoms with E-state index in [1.165, 1.54) is 0 Å². The van der Waals surface area contributed by atoms with Crippen molar-refractivity contribution in [2.24, 2.45) is 5.73 Å². The fraction of sp³-hybridized carbons (Fsp3) is 0.381. The third-order valence-electron chi connectivity index (χ3n) is 4.95. The van der Waals surface area contributed by atoms with Crippen LogP contribution in [0.4, 0.5) is 5.69 Å². The Kier molecular flexibility index (Phi) is 5.86. The first kappa shape index (κ1) is 19.0. The molecule has 2 aromatic carbocycles. The van der Waals surface area contributed by atoms with Gasteiger partial charge in [0.1, 0.15) is 17.5 Å². The summed E-state index contributed by atoms with van der Waals surface area (Å²) in [7, 11) is 3.27. The van der Waals surface area contributed by atoms with Crippen LogP contribution in [0.5, 0.6) is 11.5 Å². The first-order chi connectivity index (χ1) is 13.0. The Morgan fingerprint density at radius 3 is 2.37 bits per heavy atom. The Hall–Kier alpha value is -2.73. The number of amides is 1. The van der Waals surface area contributed by atoms with Gasteiger partial charge in [-0.3, -0.25) is 4.79 Å². The van der Waals surface area contributed by atoms with Crippen molar-refractivity contribution in [1.29, 1.82) is 0 Å². The van der Waals surface area contributed by atoms with Gasteiger partial charge in [0.05, 0.1) is 14.2 Å². The monoisotopic (exact) mass is 369 g/mol. The summed E-state index contributed by atoms with van der Waals surface area (Å²) in [4.78, 5) is 14.7. The van der Waals surface area contributed by atoms with Crippen molar-refractivity contribution in [2.45, 2.75) is 25.4 Å². The van der Waals surface area contributed by atoms with Crippen molar-refractivity contribution in [3.8, 4) is 11.5 Å². The van der Waals surface area contributed by atoms with Gasteiger partial charge in [-0.1, -0.05) is 29.8 Å². The van der Waals surface area contributed by atoms with Crippen molar-refractivity contribution in [1.82, 2.24) is 5.32 Å². The van der Waals surface area contributed by atoms with Crippen molar-refractivity contribution < 1.29 is 14.3 Å². The number of carbonyl (C=O) groups is 1. The molecule has 27 heavy (non-hydrogen) atoms. The quantitative estimate of drug-likeness (QED) is 0.818. The van der Waals surface area contributed by atoms with Crippen LogP contribution < -0.4 is 25.4 Å². The molecule has 2 atom stereocenters. The fourth-order valence-electron chi connectivity index (χ4n) is 3.30. The van der Waals surface area contributed by atoms with Gasteiger partial charge in [-0.2, -0.15) is 0 Å². The number of ether oxygens (including phenoxy) is 2. The van der Waals surface area contributed by atoms with Crippen molar-refractivity contribution >= 4 is 11.6 Å². The Morgan fingerprint density at radius 1 is 1.15 bits per heavy atom. The summed E-state index contributed by atoms with van der Waals surface area (Å²) in [6.45, 7) is 3.58. The number of benzene rings is 2. The average molecular weight is 369 g/mol. The van der Waals surface area contributed by atoms with Crippen LogP contribution in [0.15, 0.2) is 42.5 Å². The van der Waals surface area contributed by atoms with E-state index in [-0.39, 0.29) is 11.9 Å². The molecule has 0 saturated carbocycles. The first-order valence-corrected chi connectivity index (χ1v) is 9.10. The Labute approximate surface area is 160 Å². The zero-order valence-electron chi connectivity index (χ0n) is 16.1. The second-order valence-electron chi connectivity index (χ2n) is 6.90. The maximum Gasteiger partial charge on any atom is 0.241 e. The normalized spacial score (nSPS) is 17.5. The van der Waals surface area contributed by atoms with E-state index >= 15 is 0 Å². The number of hydrogen-bond acceptors (Lipinski definition) is 5. The van der Waals surface area contributed by atoms with Crippen LogP contribution in [0, 0.1) is 6.92 Å². The highest BCUT2D eigenvalue weighted by Gasteiger charge is 2.27. The molecule has 0 aromatic heterocycles. The number of nitrogens with zero attached hydrogens (tertiary/aromatic N) is 1. The molecule has 6 heteroatoms. The summed E-state index contributed by atoms with van der Waals surface area (Å²) in [5, 5.41) is 3.08. The van der Waals surface area contributed by atoms with Gasteiger partial charge in [0.25, 0.3) is 0 Å². The zero-order valence-corrected chi connectivity index (χ0v) is 16.1. The summed E-state index contributed by atoms with van der Waals surface area (Å²) in [5.74, 6) is 1.35. The molecule has 2 aromatic rings. The summed E-state index contributed by atoms with van der Waals surface area (Å²) in [6.07, 6.45) is 0.867. The number of carbonyl (C=O) groups excluding carboxylic acids is 1. The lowest BCUT2D eigenvalue weighted by atomic mass is 10.0. The van der Waals surface area contributed by atoms with Crippen LogP contribution in [0.1, 0.15) is 23.6 Å². The highest BCUT2D eigenvalue weighted by atomic mass is 16.5. The molecule has 6 nitrogen and oxygen atoms in total. The highest BCUT2D eigenvalue weighted by molar-refractivity contribution is 5.83. The van der Waals surface area contributed by atoms with Gasteiger partial charge >= 0.3 is 0 Å². The standard InChI is InChI=1S/C21H27N3O3/c1-14-4-6-15(7-5-14)20(22)21(25)23-16-8-9-24(13-16)17-10-18(26-2)12-19(11-17)27-3/h4-7,10-12,16,20H,8-9,13,22H2,1-3H3,(H,23,25). The third-order valence-corrected chi connectivity index (χ3v) is 4.95. The van der Waals surface area contributed by atoms with Gasteiger partial charge in [0.15, 0.2) is 0 Å². The lowest BCUT2D eigenvalue weighted by Gasteiger charge is -2.21. The number of nitrogens with two attached hydrogens (primary N) is 1. The number of anilines is 1. The van der Waals surface area contributed by atoms with E-state index in [2.05, 4.69) is 10.2 Å². The van der Waals surface area contributed by atoms with Crippen LogP contribution in [-0.4, -0.2) is 39.3 Å². The molecular weight excluding hydrogens is 342 g/mol.